The molecule has 21 heavy (non-hydrogen) atoms. The standard InChI is InChI=1S/C12H16Cl2N4O3/c1-7(2)3-4-15-12(21)17-9(19)6-18-11(20)10(14)8(13)5-16-18/h5,7H,3-4,6H2,1-2H3,(H2,15,17,19,21). The largest absolute Gasteiger partial charge is 0.338 e. The number of imide groups is 1. The van der Waals surface area contributed by atoms with E-state index in [1.165, 1.54) is 0 Å². The van der Waals surface area contributed by atoms with E-state index < -0.39 is 24.0 Å². The van der Waals surface area contributed by atoms with Crippen LogP contribution in [0.4, 0.5) is 4.79 Å². The third kappa shape index (κ3) is 5.73. The highest BCUT2D eigenvalue weighted by Gasteiger charge is 2.12. The number of hydrogen-bond donors (Lipinski definition) is 2. The number of rotatable bonds is 5. The summed E-state index contributed by atoms with van der Waals surface area (Å²) >= 11 is 11.3. The van der Waals surface area contributed by atoms with Gasteiger partial charge < -0.3 is 5.32 Å². The second-order valence-electron chi connectivity index (χ2n) is 4.76. The lowest BCUT2D eigenvalue weighted by Gasteiger charge is -2.09. The number of aromatic nitrogens is 2. The third-order valence-electron chi connectivity index (χ3n) is 2.50. The Kier molecular flexibility index (Phi) is 6.64. The minimum absolute atomic E-state index is 0.00440. The molecule has 9 heteroatoms. The van der Waals surface area contributed by atoms with E-state index in [4.69, 9.17) is 23.2 Å². The number of nitrogens with zero attached hydrogens (tertiary/aromatic N) is 2. The first-order valence-corrected chi connectivity index (χ1v) is 7.05. The van der Waals surface area contributed by atoms with Gasteiger partial charge in [0.25, 0.3) is 5.56 Å². The van der Waals surface area contributed by atoms with Crippen molar-refractivity contribution in [3.63, 3.8) is 0 Å². The summed E-state index contributed by atoms with van der Waals surface area (Å²) in [5, 5.41) is 8.09. The van der Waals surface area contributed by atoms with E-state index >= 15 is 0 Å². The molecule has 0 radical (unpaired) electrons. The maximum Gasteiger partial charge on any atom is 0.321 e. The molecule has 7 nitrogen and oxygen atoms in total. The zero-order valence-electron chi connectivity index (χ0n) is 11.7. The molecule has 0 aliphatic carbocycles. The summed E-state index contributed by atoms with van der Waals surface area (Å²) in [6.45, 7) is 4.08. The van der Waals surface area contributed by atoms with Crippen LogP contribution in [-0.4, -0.2) is 28.3 Å². The van der Waals surface area contributed by atoms with Gasteiger partial charge >= 0.3 is 6.03 Å². The minimum Gasteiger partial charge on any atom is -0.338 e. The van der Waals surface area contributed by atoms with Crippen LogP contribution >= 0.6 is 23.2 Å². The van der Waals surface area contributed by atoms with E-state index in [2.05, 4.69) is 15.7 Å². The second-order valence-corrected chi connectivity index (χ2v) is 5.54. The molecular formula is C12H16Cl2N4O3. The summed E-state index contributed by atoms with van der Waals surface area (Å²) in [5.41, 5.74) is -0.695. The molecule has 0 spiro atoms. The van der Waals surface area contributed by atoms with Crippen LogP contribution in [-0.2, 0) is 11.3 Å². The minimum atomic E-state index is -0.695. The monoisotopic (exact) mass is 334 g/mol. The van der Waals surface area contributed by atoms with Crippen molar-refractivity contribution in [3.05, 3.63) is 26.6 Å². The van der Waals surface area contributed by atoms with Crippen molar-refractivity contribution < 1.29 is 9.59 Å². The Morgan fingerprint density at radius 3 is 2.67 bits per heavy atom. The van der Waals surface area contributed by atoms with Crippen molar-refractivity contribution >= 4 is 35.1 Å². The van der Waals surface area contributed by atoms with E-state index in [1.54, 1.807) is 0 Å². The van der Waals surface area contributed by atoms with Gasteiger partial charge in [-0.2, -0.15) is 5.10 Å². The van der Waals surface area contributed by atoms with Crippen LogP contribution in [0.15, 0.2) is 11.0 Å². The maximum atomic E-state index is 11.7. The Hall–Kier alpha value is -1.60. The lowest BCUT2D eigenvalue weighted by atomic mass is 10.1. The van der Waals surface area contributed by atoms with Gasteiger partial charge in [-0.1, -0.05) is 37.0 Å². The number of halogens is 2. The first-order valence-electron chi connectivity index (χ1n) is 6.30. The molecule has 0 bridgehead atoms. The van der Waals surface area contributed by atoms with Gasteiger partial charge in [0.15, 0.2) is 0 Å². The van der Waals surface area contributed by atoms with Gasteiger partial charge in [-0.3, -0.25) is 14.9 Å². The van der Waals surface area contributed by atoms with E-state index in [0.29, 0.717) is 12.5 Å². The Bertz CT molecular complexity index is 586. The topological polar surface area (TPSA) is 93.1 Å². The summed E-state index contributed by atoms with van der Waals surface area (Å²) in [5.74, 6) is -0.231. The number of carbonyl (C=O) groups is 2. The summed E-state index contributed by atoms with van der Waals surface area (Å²) in [6.07, 6.45) is 1.96. The number of carbonyl (C=O) groups excluding carboxylic acids is 2. The summed E-state index contributed by atoms with van der Waals surface area (Å²) in [6, 6.07) is -0.617. The average Bonchev–Trinajstić information content (AvgIpc) is 2.39. The second kappa shape index (κ2) is 7.99. The van der Waals surface area contributed by atoms with Crippen LogP contribution in [0.2, 0.25) is 10.0 Å². The first kappa shape index (κ1) is 17.5. The van der Waals surface area contributed by atoms with E-state index in [1.807, 2.05) is 13.8 Å². The molecule has 1 heterocycles. The molecule has 0 aromatic carbocycles. The number of hydrogen-bond acceptors (Lipinski definition) is 4. The van der Waals surface area contributed by atoms with Crippen molar-refractivity contribution in [2.45, 2.75) is 26.8 Å². The zero-order valence-corrected chi connectivity index (χ0v) is 13.2. The van der Waals surface area contributed by atoms with Crippen molar-refractivity contribution in [1.82, 2.24) is 20.4 Å². The first-order chi connectivity index (χ1) is 9.81. The molecule has 3 amide bonds. The van der Waals surface area contributed by atoms with Gasteiger partial charge in [0.1, 0.15) is 11.6 Å². The normalized spacial score (nSPS) is 10.5. The van der Waals surface area contributed by atoms with Gasteiger partial charge in [-0.05, 0) is 12.3 Å². The van der Waals surface area contributed by atoms with Gasteiger partial charge in [-0.25, -0.2) is 9.48 Å². The van der Waals surface area contributed by atoms with Gasteiger partial charge in [0.05, 0.1) is 11.2 Å². The number of nitrogens with one attached hydrogen (secondary N) is 2. The molecule has 2 N–H and O–H groups in total. The predicted octanol–water partition coefficient (Wildman–Crippen LogP) is 1.42. The van der Waals surface area contributed by atoms with Gasteiger partial charge in [-0.15, -0.1) is 0 Å². The highest BCUT2D eigenvalue weighted by atomic mass is 35.5. The Morgan fingerprint density at radius 1 is 1.38 bits per heavy atom. The highest BCUT2D eigenvalue weighted by Crippen LogP contribution is 2.14. The van der Waals surface area contributed by atoms with Gasteiger partial charge in [0.2, 0.25) is 5.91 Å². The lowest BCUT2D eigenvalue weighted by molar-refractivity contribution is -0.120. The fourth-order valence-electron chi connectivity index (χ4n) is 1.38. The molecule has 1 rings (SSSR count). The summed E-state index contributed by atoms with van der Waals surface area (Å²) in [4.78, 5) is 34.7. The molecular weight excluding hydrogens is 319 g/mol. The highest BCUT2D eigenvalue weighted by molar-refractivity contribution is 6.41. The molecule has 0 saturated carbocycles. The van der Waals surface area contributed by atoms with E-state index in [-0.39, 0.29) is 10.0 Å². The molecule has 0 atom stereocenters. The van der Waals surface area contributed by atoms with E-state index in [9.17, 15) is 14.4 Å². The molecule has 1 aromatic heterocycles. The molecule has 116 valence electrons. The van der Waals surface area contributed by atoms with Crippen molar-refractivity contribution in [3.8, 4) is 0 Å². The van der Waals surface area contributed by atoms with Crippen LogP contribution in [0.3, 0.4) is 0 Å². The molecule has 0 saturated heterocycles. The van der Waals surface area contributed by atoms with Gasteiger partial charge in [0, 0.05) is 6.54 Å². The summed E-state index contributed by atoms with van der Waals surface area (Å²) in [7, 11) is 0. The molecule has 0 fully saturated rings. The third-order valence-corrected chi connectivity index (χ3v) is 3.24. The maximum absolute atomic E-state index is 11.7. The smallest absolute Gasteiger partial charge is 0.321 e. The van der Waals surface area contributed by atoms with Crippen LogP contribution in [0.1, 0.15) is 20.3 Å². The molecule has 0 aliphatic rings. The summed E-state index contributed by atoms with van der Waals surface area (Å²) < 4.78 is 0.824. The quantitative estimate of drug-likeness (QED) is 0.851. The fourth-order valence-corrected chi connectivity index (χ4v) is 1.65. The van der Waals surface area contributed by atoms with Crippen molar-refractivity contribution in [1.29, 1.82) is 0 Å². The lowest BCUT2D eigenvalue weighted by Crippen LogP contribution is -2.43. The Balaban J connectivity index is 2.53. The van der Waals surface area contributed by atoms with E-state index in [0.717, 1.165) is 17.3 Å². The Morgan fingerprint density at radius 2 is 2.05 bits per heavy atom. The predicted molar refractivity (Wildman–Crippen MR) is 79.5 cm³/mol. The number of amides is 3. The molecule has 0 aliphatic heterocycles. The van der Waals surface area contributed by atoms with Crippen LogP contribution < -0.4 is 16.2 Å². The average molecular weight is 335 g/mol. The zero-order chi connectivity index (χ0) is 16.0. The van der Waals surface area contributed by atoms with Crippen LogP contribution in [0.25, 0.3) is 0 Å². The van der Waals surface area contributed by atoms with Crippen LogP contribution in [0, 0.1) is 5.92 Å². The molecule has 0 unspecified atom stereocenters. The molecule has 1 aromatic rings. The fraction of sp³-hybridized carbons (Fsp3) is 0.500. The Labute approximate surface area is 131 Å². The SMILES string of the molecule is CC(C)CCNC(=O)NC(=O)Cn1ncc(Cl)c(Cl)c1=O. The van der Waals surface area contributed by atoms with Crippen molar-refractivity contribution in [2.75, 3.05) is 6.54 Å². The van der Waals surface area contributed by atoms with Crippen LogP contribution in [0.5, 0.6) is 0 Å². The number of urea groups is 1. The van der Waals surface area contributed by atoms with Crippen molar-refractivity contribution in [2.24, 2.45) is 5.92 Å².